The summed E-state index contributed by atoms with van der Waals surface area (Å²) < 4.78 is 16.3. The van der Waals surface area contributed by atoms with Crippen molar-refractivity contribution >= 4 is 11.9 Å². The second kappa shape index (κ2) is 7.91. The van der Waals surface area contributed by atoms with Crippen molar-refractivity contribution in [1.82, 2.24) is 10.1 Å². The molecular weight excluding hydrogens is 386 g/mol. The molecule has 2 aromatic rings. The lowest BCUT2D eigenvalue weighted by molar-refractivity contribution is -0.0231. The van der Waals surface area contributed by atoms with Gasteiger partial charge in [-0.1, -0.05) is 6.42 Å². The van der Waals surface area contributed by atoms with Crippen LogP contribution in [-0.2, 0) is 4.74 Å². The van der Waals surface area contributed by atoms with Crippen LogP contribution >= 0.6 is 0 Å². The maximum absolute atomic E-state index is 11.6. The molecule has 1 aliphatic heterocycles. The average Bonchev–Trinajstić information content (AvgIpc) is 3.34. The molecule has 160 valence electrons. The van der Waals surface area contributed by atoms with Crippen molar-refractivity contribution in [3.05, 3.63) is 35.7 Å². The third-order valence-electron chi connectivity index (χ3n) is 6.82. The van der Waals surface area contributed by atoms with Gasteiger partial charge in [-0.15, -0.1) is 0 Å². The van der Waals surface area contributed by atoms with E-state index in [1.54, 1.807) is 24.3 Å². The van der Waals surface area contributed by atoms with E-state index in [9.17, 15) is 9.90 Å². The number of fused-ring (bicyclic) bond motifs is 1. The standard InChI is InChI=1S/C22H27N3O5/c1-28-21(27)14-5-7-17(8-6-14)29-19-10-16-12-25(11-15(16)9-18(19)26)22-23-20(30-24-22)13-3-2-4-13/h5-8,13,15-16,18-19,26H,2-4,9-12H2,1H3/t15-,16+,18+,19+/m0/s1. The molecular formula is C22H27N3O5. The first-order valence-electron chi connectivity index (χ1n) is 10.7. The Balaban J connectivity index is 1.21. The number of benzene rings is 1. The number of methoxy groups -OCH3 is 1. The smallest absolute Gasteiger partial charge is 0.337 e. The molecule has 30 heavy (non-hydrogen) atoms. The van der Waals surface area contributed by atoms with E-state index in [4.69, 9.17) is 14.0 Å². The molecule has 0 spiro atoms. The first kappa shape index (κ1) is 19.4. The third-order valence-corrected chi connectivity index (χ3v) is 6.82. The van der Waals surface area contributed by atoms with Crippen molar-refractivity contribution in [3.63, 3.8) is 0 Å². The molecule has 0 amide bonds. The maximum Gasteiger partial charge on any atom is 0.337 e. The number of aliphatic hydroxyl groups excluding tert-OH is 1. The lowest BCUT2D eigenvalue weighted by Gasteiger charge is -2.35. The molecule has 5 rings (SSSR count). The summed E-state index contributed by atoms with van der Waals surface area (Å²) in [5, 5.41) is 14.9. The van der Waals surface area contributed by atoms with Crippen LogP contribution in [0.4, 0.5) is 5.95 Å². The molecule has 8 heteroatoms. The second-order valence-corrected chi connectivity index (χ2v) is 8.70. The molecule has 2 aliphatic carbocycles. The first-order chi connectivity index (χ1) is 14.6. The number of carbonyl (C=O) groups is 1. The highest BCUT2D eigenvalue weighted by atomic mass is 16.5. The minimum atomic E-state index is -0.526. The van der Waals surface area contributed by atoms with E-state index >= 15 is 0 Å². The van der Waals surface area contributed by atoms with Gasteiger partial charge in [0.25, 0.3) is 5.95 Å². The molecule has 3 fully saturated rings. The zero-order valence-corrected chi connectivity index (χ0v) is 17.1. The normalized spacial score (nSPS) is 28.7. The summed E-state index contributed by atoms with van der Waals surface area (Å²) in [6, 6.07) is 6.83. The molecule has 1 aromatic carbocycles. The molecule has 2 heterocycles. The van der Waals surface area contributed by atoms with Gasteiger partial charge in [-0.25, -0.2) is 4.79 Å². The zero-order chi connectivity index (χ0) is 20.7. The van der Waals surface area contributed by atoms with Crippen LogP contribution in [-0.4, -0.2) is 53.6 Å². The van der Waals surface area contributed by atoms with Crippen molar-refractivity contribution in [2.24, 2.45) is 11.8 Å². The number of esters is 1. The minimum absolute atomic E-state index is 0.272. The van der Waals surface area contributed by atoms with E-state index in [2.05, 4.69) is 15.0 Å². The number of aromatic nitrogens is 2. The van der Waals surface area contributed by atoms with E-state index in [1.165, 1.54) is 13.5 Å². The van der Waals surface area contributed by atoms with Crippen molar-refractivity contribution in [1.29, 1.82) is 0 Å². The highest BCUT2D eigenvalue weighted by Gasteiger charge is 2.44. The molecule has 8 nitrogen and oxygen atoms in total. The Hall–Kier alpha value is -2.61. The Morgan fingerprint density at radius 3 is 2.57 bits per heavy atom. The van der Waals surface area contributed by atoms with E-state index in [-0.39, 0.29) is 12.1 Å². The van der Waals surface area contributed by atoms with E-state index < -0.39 is 6.10 Å². The number of carbonyl (C=O) groups excluding carboxylic acids is 1. The SMILES string of the molecule is COC(=O)c1ccc(O[C@@H]2C[C@@H]3CN(c4noc(C5CCC5)n4)C[C@@H]3C[C@H]2O)cc1. The van der Waals surface area contributed by atoms with Gasteiger partial charge in [-0.3, -0.25) is 0 Å². The van der Waals surface area contributed by atoms with Crippen LogP contribution in [0.15, 0.2) is 28.8 Å². The number of ether oxygens (including phenoxy) is 2. The monoisotopic (exact) mass is 413 g/mol. The summed E-state index contributed by atoms with van der Waals surface area (Å²) in [5.74, 6) is 2.95. The topological polar surface area (TPSA) is 97.9 Å². The summed E-state index contributed by atoms with van der Waals surface area (Å²) in [5.41, 5.74) is 0.474. The van der Waals surface area contributed by atoms with Crippen molar-refractivity contribution in [3.8, 4) is 5.75 Å². The Morgan fingerprint density at radius 2 is 1.90 bits per heavy atom. The quantitative estimate of drug-likeness (QED) is 0.748. The number of anilines is 1. The Kier molecular flexibility index (Phi) is 5.10. The van der Waals surface area contributed by atoms with Gasteiger partial charge in [0.1, 0.15) is 11.9 Å². The van der Waals surface area contributed by atoms with E-state index in [0.717, 1.165) is 38.2 Å². The van der Waals surface area contributed by atoms with Crippen molar-refractivity contribution < 1.29 is 23.9 Å². The van der Waals surface area contributed by atoms with Crippen LogP contribution in [0, 0.1) is 11.8 Å². The summed E-state index contributed by atoms with van der Waals surface area (Å²) >= 11 is 0. The molecule has 2 saturated carbocycles. The maximum atomic E-state index is 11.6. The van der Waals surface area contributed by atoms with Gasteiger partial charge in [0, 0.05) is 19.0 Å². The van der Waals surface area contributed by atoms with Crippen LogP contribution < -0.4 is 9.64 Å². The zero-order valence-electron chi connectivity index (χ0n) is 17.1. The van der Waals surface area contributed by atoms with Gasteiger partial charge in [-0.2, -0.15) is 4.98 Å². The Morgan fingerprint density at radius 1 is 1.17 bits per heavy atom. The molecule has 1 saturated heterocycles. The molecule has 0 bridgehead atoms. The highest BCUT2D eigenvalue weighted by Crippen LogP contribution is 2.40. The molecule has 1 aromatic heterocycles. The first-order valence-corrected chi connectivity index (χ1v) is 10.7. The van der Waals surface area contributed by atoms with Crippen molar-refractivity contribution in [2.45, 2.75) is 50.2 Å². The average molecular weight is 413 g/mol. The lowest BCUT2D eigenvalue weighted by atomic mass is 9.78. The van der Waals surface area contributed by atoms with Crippen LogP contribution in [0.3, 0.4) is 0 Å². The predicted molar refractivity (Wildman–Crippen MR) is 108 cm³/mol. The molecule has 0 radical (unpaired) electrons. The fourth-order valence-corrected chi connectivity index (χ4v) is 4.82. The Bertz CT molecular complexity index is 894. The van der Waals surface area contributed by atoms with Gasteiger partial charge in [-0.05, 0) is 66.9 Å². The van der Waals surface area contributed by atoms with Gasteiger partial charge < -0.3 is 24.0 Å². The van der Waals surface area contributed by atoms with Gasteiger partial charge in [0.05, 0.1) is 18.8 Å². The van der Waals surface area contributed by atoms with Gasteiger partial charge >= 0.3 is 5.97 Å². The van der Waals surface area contributed by atoms with E-state index in [0.29, 0.717) is 41.4 Å². The number of aliphatic hydroxyl groups is 1. The van der Waals surface area contributed by atoms with Crippen LogP contribution in [0.2, 0.25) is 0 Å². The summed E-state index contributed by atoms with van der Waals surface area (Å²) in [7, 11) is 1.36. The molecule has 4 atom stereocenters. The van der Waals surface area contributed by atoms with E-state index in [1.807, 2.05) is 0 Å². The minimum Gasteiger partial charge on any atom is -0.488 e. The number of nitrogens with zero attached hydrogens (tertiary/aromatic N) is 3. The van der Waals surface area contributed by atoms with Crippen LogP contribution in [0.5, 0.6) is 5.75 Å². The van der Waals surface area contributed by atoms with Gasteiger partial charge in [0.2, 0.25) is 5.89 Å². The summed E-state index contributed by atoms with van der Waals surface area (Å²) in [6.07, 6.45) is 4.18. The number of hydrogen-bond acceptors (Lipinski definition) is 8. The third kappa shape index (κ3) is 3.64. The van der Waals surface area contributed by atoms with Crippen LogP contribution in [0.25, 0.3) is 0 Å². The second-order valence-electron chi connectivity index (χ2n) is 8.70. The van der Waals surface area contributed by atoms with Crippen LogP contribution in [0.1, 0.15) is 54.3 Å². The number of hydrogen-bond donors (Lipinski definition) is 1. The fourth-order valence-electron chi connectivity index (χ4n) is 4.82. The predicted octanol–water partition coefficient (Wildman–Crippen LogP) is 2.78. The molecule has 0 unspecified atom stereocenters. The number of rotatable bonds is 5. The van der Waals surface area contributed by atoms with Gasteiger partial charge in [0.15, 0.2) is 0 Å². The molecule has 3 aliphatic rings. The Labute approximate surface area is 175 Å². The van der Waals surface area contributed by atoms with Crippen molar-refractivity contribution in [2.75, 3.05) is 25.1 Å². The fraction of sp³-hybridized carbons (Fsp3) is 0.591. The summed E-state index contributed by atoms with van der Waals surface area (Å²) in [6.45, 7) is 1.69. The highest BCUT2D eigenvalue weighted by molar-refractivity contribution is 5.89. The largest absolute Gasteiger partial charge is 0.488 e. The molecule has 1 N–H and O–H groups in total. The summed E-state index contributed by atoms with van der Waals surface area (Å²) in [4.78, 5) is 18.4. The lowest BCUT2D eigenvalue weighted by Crippen LogP contribution is -2.42.